The highest BCUT2D eigenvalue weighted by atomic mass is 16.2. The highest BCUT2D eigenvalue weighted by molar-refractivity contribution is 5.82. The average molecular weight is 235 g/mol. The van der Waals surface area contributed by atoms with Crippen LogP contribution in [0.1, 0.15) is 38.8 Å². The lowest BCUT2D eigenvalue weighted by Crippen LogP contribution is -2.44. The van der Waals surface area contributed by atoms with Gasteiger partial charge < -0.3 is 11.1 Å². The molecule has 4 heteroatoms. The Morgan fingerprint density at radius 1 is 1.53 bits per heavy atom. The van der Waals surface area contributed by atoms with Gasteiger partial charge in [0, 0.05) is 18.9 Å². The van der Waals surface area contributed by atoms with E-state index >= 15 is 0 Å². The van der Waals surface area contributed by atoms with E-state index in [-0.39, 0.29) is 11.9 Å². The van der Waals surface area contributed by atoms with Gasteiger partial charge in [0.15, 0.2) is 0 Å². The third kappa shape index (κ3) is 3.27. The molecule has 1 aromatic rings. The number of nitrogens with one attached hydrogen (secondary N) is 1. The molecule has 1 unspecified atom stereocenters. The first kappa shape index (κ1) is 13.6. The molecule has 0 fully saturated rings. The summed E-state index contributed by atoms with van der Waals surface area (Å²) in [6.07, 6.45) is 4.18. The van der Waals surface area contributed by atoms with Gasteiger partial charge in [0.2, 0.25) is 5.91 Å². The largest absolute Gasteiger partial charge is 0.349 e. The zero-order chi connectivity index (χ0) is 12.9. The third-order valence-corrected chi connectivity index (χ3v) is 3.33. The highest BCUT2D eigenvalue weighted by Crippen LogP contribution is 2.21. The quantitative estimate of drug-likeness (QED) is 0.815. The van der Waals surface area contributed by atoms with Gasteiger partial charge in [-0.3, -0.25) is 9.78 Å². The van der Waals surface area contributed by atoms with E-state index < -0.39 is 5.41 Å². The molecule has 0 radical (unpaired) electrons. The number of nitrogens with zero attached hydrogens (tertiary/aromatic N) is 1. The van der Waals surface area contributed by atoms with Crippen LogP contribution in [0.4, 0.5) is 0 Å². The van der Waals surface area contributed by atoms with E-state index in [9.17, 15) is 4.79 Å². The summed E-state index contributed by atoms with van der Waals surface area (Å²) in [5.41, 5.74) is 6.22. The minimum atomic E-state index is -0.485. The van der Waals surface area contributed by atoms with Crippen LogP contribution in [-0.4, -0.2) is 17.4 Å². The van der Waals surface area contributed by atoms with E-state index in [1.54, 1.807) is 12.4 Å². The summed E-state index contributed by atoms with van der Waals surface area (Å²) in [7, 11) is 0. The molecule has 4 nitrogen and oxygen atoms in total. The Balaban J connectivity index is 2.69. The van der Waals surface area contributed by atoms with Crippen molar-refractivity contribution in [2.45, 2.75) is 33.2 Å². The molecule has 3 N–H and O–H groups in total. The fourth-order valence-electron chi connectivity index (χ4n) is 1.50. The Bertz CT molecular complexity index is 360. The minimum absolute atomic E-state index is 0.00631. The number of amides is 1. The van der Waals surface area contributed by atoms with E-state index in [0.29, 0.717) is 6.54 Å². The Labute approximate surface area is 103 Å². The molecule has 0 aromatic carbocycles. The van der Waals surface area contributed by atoms with Crippen LogP contribution in [0, 0.1) is 5.41 Å². The van der Waals surface area contributed by atoms with Crippen molar-refractivity contribution in [2.24, 2.45) is 11.1 Å². The zero-order valence-corrected chi connectivity index (χ0v) is 10.7. The molecular formula is C13H21N3O. The van der Waals surface area contributed by atoms with Crippen LogP contribution in [0.25, 0.3) is 0 Å². The molecule has 0 aliphatic rings. The van der Waals surface area contributed by atoms with Crippen molar-refractivity contribution in [2.75, 3.05) is 6.54 Å². The minimum Gasteiger partial charge on any atom is -0.349 e. The molecule has 0 spiro atoms. The lowest BCUT2D eigenvalue weighted by atomic mass is 9.86. The molecular weight excluding hydrogens is 214 g/mol. The first-order valence-electron chi connectivity index (χ1n) is 5.94. The van der Waals surface area contributed by atoms with E-state index in [1.165, 1.54) is 0 Å². The lowest BCUT2D eigenvalue weighted by Gasteiger charge is -2.27. The Hall–Kier alpha value is -1.42. The molecule has 17 heavy (non-hydrogen) atoms. The second-order valence-corrected chi connectivity index (χ2v) is 4.59. The van der Waals surface area contributed by atoms with E-state index in [4.69, 9.17) is 5.73 Å². The Kier molecular flexibility index (Phi) is 4.63. The molecule has 1 aromatic heterocycles. The summed E-state index contributed by atoms with van der Waals surface area (Å²) in [5.74, 6) is 0.00631. The van der Waals surface area contributed by atoms with E-state index in [0.717, 1.165) is 12.0 Å². The lowest BCUT2D eigenvalue weighted by molar-refractivity contribution is -0.130. The Morgan fingerprint density at radius 2 is 2.12 bits per heavy atom. The number of nitrogens with two attached hydrogens (primary N) is 1. The monoisotopic (exact) mass is 235 g/mol. The smallest absolute Gasteiger partial charge is 0.227 e. The van der Waals surface area contributed by atoms with E-state index in [2.05, 4.69) is 10.3 Å². The van der Waals surface area contributed by atoms with Gasteiger partial charge in [0.1, 0.15) is 0 Å². The van der Waals surface area contributed by atoms with Gasteiger partial charge in [-0.05, 0) is 38.0 Å². The standard InChI is InChI=1S/C13H21N3O/c1-4-13(3,9-14)12(17)16-10(2)11-5-7-15-8-6-11/h5-8,10H,4,9,14H2,1-3H3,(H,16,17)/t10-,13?/m0/s1. The molecule has 0 aliphatic heterocycles. The first-order valence-corrected chi connectivity index (χ1v) is 5.94. The maximum atomic E-state index is 12.1. The van der Waals surface area contributed by atoms with Gasteiger partial charge in [-0.15, -0.1) is 0 Å². The molecule has 94 valence electrons. The van der Waals surface area contributed by atoms with Crippen LogP contribution in [0.5, 0.6) is 0 Å². The van der Waals surface area contributed by atoms with Crippen molar-refractivity contribution in [3.8, 4) is 0 Å². The SMILES string of the molecule is CCC(C)(CN)C(=O)N[C@@H](C)c1ccncc1. The van der Waals surface area contributed by atoms with Gasteiger partial charge >= 0.3 is 0 Å². The second-order valence-electron chi connectivity index (χ2n) is 4.59. The van der Waals surface area contributed by atoms with Crippen LogP contribution in [0.15, 0.2) is 24.5 Å². The molecule has 1 rings (SSSR count). The van der Waals surface area contributed by atoms with Crippen LogP contribution in [0.2, 0.25) is 0 Å². The molecule has 2 atom stereocenters. The maximum Gasteiger partial charge on any atom is 0.227 e. The second kappa shape index (κ2) is 5.77. The van der Waals surface area contributed by atoms with Crippen LogP contribution in [-0.2, 0) is 4.79 Å². The summed E-state index contributed by atoms with van der Waals surface area (Å²) >= 11 is 0. The van der Waals surface area contributed by atoms with Gasteiger partial charge in [-0.1, -0.05) is 6.92 Å². The van der Waals surface area contributed by atoms with Crippen LogP contribution < -0.4 is 11.1 Å². The zero-order valence-electron chi connectivity index (χ0n) is 10.7. The summed E-state index contributed by atoms with van der Waals surface area (Å²) in [5, 5.41) is 2.99. The van der Waals surface area contributed by atoms with Gasteiger partial charge in [0.25, 0.3) is 0 Å². The van der Waals surface area contributed by atoms with E-state index in [1.807, 2.05) is 32.9 Å². The summed E-state index contributed by atoms with van der Waals surface area (Å²) in [4.78, 5) is 16.1. The summed E-state index contributed by atoms with van der Waals surface area (Å²) in [6.45, 7) is 6.18. The van der Waals surface area contributed by atoms with Crippen molar-refractivity contribution in [1.82, 2.24) is 10.3 Å². The van der Waals surface area contributed by atoms with Crippen LogP contribution >= 0.6 is 0 Å². The number of carbonyl (C=O) groups excluding carboxylic acids is 1. The number of rotatable bonds is 5. The predicted molar refractivity (Wildman–Crippen MR) is 68.2 cm³/mol. The number of aromatic nitrogens is 1. The Morgan fingerprint density at radius 3 is 2.59 bits per heavy atom. The molecule has 1 amide bonds. The van der Waals surface area contributed by atoms with Crippen molar-refractivity contribution in [3.05, 3.63) is 30.1 Å². The molecule has 0 saturated carbocycles. The normalized spacial score (nSPS) is 16.0. The summed E-state index contributed by atoms with van der Waals surface area (Å²) in [6, 6.07) is 3.77. The summed E-state index contributed by atoms with van der Waals surface area (Å²) < 4.78 is 0. The fourth-order valence-corrected chi connectivity index (χ4v) is 1.50. The average Bonchev–Trinajstić information content (AvgIpc) is 2.38. The molecule has 0 saturated heterocycles. The number of pyridine rings is 1. The molecule has 1 heterocycles. The molecule has 0 bridgehead atoms. The number of hydrogen-bond acceptors (Lipinski definition) is 3. The van der Waals surface area contributed by atoms with Crippen LogP contribution in [0.3, 0.4) is 0 Å². The van der Waals surface area contributed by atoms with Crippen molar-refractivity contribution < 1.29 is 4.79 Å². The van der Waals surface area contributed by atoms with Crippen molar-refractivity contribution in [3.63, 3.8) is 0 Å². The maximum absolute atomic E-state index is 12.1. The number of carbonyl (C=O) groups is 1. The van der Waals surface area contributed by atoms with Crippen molar-refractivity contribution in [1.29, 1.82) is 0 Å². The number of hydrogen-bond donors (Lipinski definition) is 2. The highest BCUT2D eigenvalue weighted by Gasteiger charge is 2.30. The predicted octanol–water partition coefficient (Wildman–Crippen LogP) is 1.63. The topological polar surface area (TPSA) is 68.0 Å². The van der Waals surface area contributed by atoms with Gasteiger partial charge in [-0.2, -0.15) is 0 Å². The van der Waals surface area contributed by atoms with Gasteiger partial charge in [-0.25, -0.2) is 0 Å². The molecule has 0 aliphatic carbocycles. The fraction of sp³-hybridized carbons (Fsp3) is 0.538. The third-order valence-electron chi connectivity index (χ3n) is 3.33. The van der Waals surface area contributed by atoms with Crippen molar-refractivity contribution >= 4 is 5.91 Å². The first-order chi connectivity index (χ1) is 8.03. The van der Waals surface area contributed by atoms with Gasteiger partial charge in [0.05, 0.1) is 11.5 Å².